The molecule has 0 radical (unpaired) electrons. The molecule has 1 heterocycles. The second-order valence-electron chi connectivity index (χ2n) is 3.79. The number of aryl methyl sites for hydroxylation is 1. The van der Waals surface area contributed by atoms with Crippen molar-refractivity contribution in [2.75, 3.05) is 0 Å². The first kappa shape index (κ1) is 8.69. The van der Waals surface area contributed by atoms with Crippen LogP contribution in [0.5, 0.6) is 0 Å². The predicted octanol–water partition coefficient (Wildman–Crippen LogP) is 1.25. The average Bonchev–Trinajstić information content (AvgIpc) is 2.84. The zero-order valence-corrected chi connectivity index (χ0v) is 7.95. The van der Waals surface area contributed by atoms with Crippen molar-refractivity contribution in [2.24, 2.45) is 5.92 Å². The lowest BCUT2D eigenvalue weighted by Gasteiger charge is -2.16. The van der Waals surface area contributed by atoms with Gasteiger partial charge in [-0.05, 0) is 25.7 Å². The zero-order valence-electron chi connectivity index (χ0n) is 7.95. The van der Waals surface area contributed by atoms with Gasteiger partial charge in [0.2, 0.25) is 0 Å². The highest BCUT2D eigenvalue weighted by molar-refractivity contribution is 5.04. The van der Waals surface area contributed by atoms with E-state index < -0.39 is 5.60 Å². The number of aliphatic hydroxyl groups is 1. The summed E-state index contributed by atoms with van der Waals surface area (Å²) in [5.74, 6) is 1.33. The van der Waals surface area contributed by atoms with Gasteiger partial charge in [0, 0.05) is 6.42 Å². The maximum atomic E-state index is 10.0. The van der Waals surface area contributed by atoms with Crippen LogP contribution in [0.1, 0.15) is 38.4 Å². The van der Waals surface area contributed by atoms with Crippen molar-refractivity contribution in [3.05, 3.63) is 11.7 Å². The molecule has 0 saturated heterocycles. The summed E-state index contributed by atoms with van der Waals surface area (Å²) in [7, 11) is 0. The average molecular weight is 182 g/mol. The molecule has 0 bridgehead atoms. The fourth-order valence-corrected chi connectivity index (χ4v) is 1.42. The van der Waals surface area contributed by atoms with Crippen LogP contribution >= 0.6 is 0 Å². The lowest BCUT2D eigenvalue weighted by molar-refractivity contribution is 0.000915. The van der Waals surface area contributed by atoms with Gasteiger partial charge in [-0.2, -0.15) is 4.98 Å². The van der Waals surface area contributed by atoms with Crippen LogP contribution < -0.4 is 0 Å². The molecule has 13 heavy (non-hydrogen) atoms. The number of rotatable bonds is 3. The van der Waals surface area contributed by atoms with Crippen molar-refractivity contribution in [3.8, 4) is 0 Å². The van der Waals surface area contributed by atoms with Crippen molar-refractivity contribution in [1.29, 1.82) is 0 Å². The molecule has 72 valence electrons. The van der Waals surface area contributed by atoms with Crippen molar-refractivity contribution in [1.82, 2.24) is 10.1 Å². The van der Waals surface area contributed by atoms with E-state index in [1.54, 1.807) is 6.92 Å². The van der Waals surface area contributed by atoms with Gasteiger partial charge in [-0.1, -0.05) is 12.1 Å². The van der Waals surface area contributed by atoms with Gasteiger partial charge in [0.15, 0.2) is 5.82 Å². The molecule has 0 aliphatic heterocycles. The van der Waals surface area contributed by atoms with E-state index in [0.29, 0.717) is 17.6 Å². The van der Waals surface area contributed by atoms with E-state index in [1.165, 1.54) is 0 Å². The summed E-state index contributed by atoms with van der Waals surface area (Å²) in [4.78, 5) is 4.13. The van der Waals surface area contributed by atoms with Gasteiger partial charge >= 0.3 is 0 Å². The molecule has 1 aromatic heterocycles. The summed E-state index contributed by atoms with van der Waals surface area (Å²) in [6.07, 6.45) is 2.85. The predicted molar refractivity (Wildman–Crippen MR) is 46.0 cm³/mol. The Hall–Kier alpha value is -0.900. The first-order chi connectivity index (χ1) is 6.14. The minimum Gasteiger partial charge on any atom is -0.380 e. The molecule has 1 aliphatic rings. The van der Waals surface area contributed by atoms with Gasteiger partial charge in [0.1, 0.15) is 5.60 Å². The molecule has 0 amide bonds. The van der Waals surface area contributed by atoms with Crippen LogP contribution in [0.25, 0.3) is 0 Å². The van der Waals surface area contributed by atoms with Crippen molar-refractivity contribution in [3.63, 3.8) is 0 Å². The number of hydrogen-bond acceptors (Lipinski definition) is 4. The minimum atomic E-state index is -0.916. The third kappa shape index (κ3) is 1.46. The maximum Gasteiger partial charge on any atom is 0.258 e. The molecular weight excluding hydrogens is 168 g/mol. The highest BCUT2D eigenvalue weighted by atomic mass is 16.5. The van der Waals surface area contributed by atoms with Gasteiger partial charge in [-0.25, -0.2) is 0 Å². The second kappa shape index (κ2) is 2.80. The van der Waals surface area contributed by atoms with Crippen molar-refractivity contribution in [2.45, 2.75) is 38.7 Å². The van der Waals surface area contributed by atoms with Crippen molar-refractivity contribution >= 4 is 0 Å². The monoisotopic (exact) mass is 182 g/mol. The topological polar surface area (TPSA) is 59.2 Å². The Morgan fingerprint density at radius 3 is 2.77 bits per heavy atom. The second-order valence-corrected chi connectivity index (χ2v) is 3.79. The minimum absolute atomic E-state index is 0.303. The fraction of sp³-hybridized carbons (Fsp3) is 0.778. The van der Waals surface area contributed by atoms with Crippen molar-refractivity contribution < 1.29 is 9.63 Å². The summed E-state index contributed by atoms with van der Waals surface area (Å²) in [5, 5.41) is 13.8. The fourth-order valence-electron chi connectivity index (χ4n) is 1.42. The van der Waals surface area contributed by atoms with Crippen LogP contribution in [-0.2, 0) is 12.0 Å². The zero-order chi connectivity index (χ0) is 9.47. The van der Waals surface area contributed by atoms with E-state index in [1.807, 2.05) is 6.92 Å². The summed E-state index contributed by atoms with van der Waals surface area (Å²) < 4.78 is 5.01. The SMILES string of the molecule is CCc1noc(C(C)(O)C2CC2)n1. The summed E-state index contributed by atoms with van der Waals surface area (Å²) in [5.41, 5.74) is -0.916. The van der Waals surface area contributed by atoms with E-state index >= 15 is 0 Å². The smallest absolute Gasteiger partial charge is 0.258 e. The van der Waals surface area contributed by atoms with E-state index in [4.69, 9.17) is 4.52 Å². The van der Waals surface area contributed by atoms with E-state index in [9.17, 15) is 5.11 Å². The van der Waals surface area contributed by atoms with E-state index in [0.717, 1.165) is 19.3 Å². The van der Waals surface area contributed by atoms with Gasteiger partial charge in [0.25, 0.3) is 5.89 Å². The van der Waals surface area contributed by atoms with Crippen LogP contribution in [0.15, 0.2) is 4.52 Å². The van der Waals surface area contributed by atoms with Crippen LogP contribution in [0.4, 0.5) is 0 Å². The molecule has 1 N–H and O–H groups in total. The molecule has 2 rings (SSSR count). The Balaban J connectivity index is 2.22. The molecule has 4 nitrogen and oxygen atoms in total. The molecule has 0 aromatic carbocycles. The molecule has 1 fully saturated rings. The van der Waals surface area contributed by atoms with Crippen LogP contribution in [0, 0.1) is 5.92 Å². The number of hydrogen-bond donors (Lipinski definition) is 1. The molecule has 1 aliphatic carbocycles. The largest absolute Gasteiger partial charge is 0.380 e. The molecule has 1 unspecified atom stereocenters. The Kier molecular flexibility index (Phi) is 1.87. The summed E-state index contributed by atoms with van der Waals surface area (Å²) in [6, 6.07) is 0. The normalized spacial score (nSPS) is 21.5. The maximum absolute atomic E-state index is 10.0. The Morgan fingerprint density at radius 1 is 1.62 bits per heavy atom. The molecule has 4 heteroatoms. The Labute approximate surface area is 77.0 Å². The first-order valence-corrected chi connectivity index (χ1v) is 4.70. The molecule has 1 atom stereocenters. The highest BCUT2D eigenvalue weighted by Crippen LogP contribution is 2.44. The number of aromatic nitrogens is 2. The molecular formula is C9H14N2O2. The summed E-state index contributed by atoms with van der Waals surface area (Å²) >= 11 is 0. The van der Waals surface area contributed by atoms with Gasteiger partial charge in [-0.3, -0.25) is 0 Å². The van der Waals surface area contributed by atoms with Crippen LogP contribution in [0.2, 0.25) is 0 Å². The van der Waals surface area contributed by atoms with E-state index in [-0.39, 0.29) is 0 Å². The van der Waals surface area contributed by atoms with Crippen LogP contribution in [0.3, 0.4) is 0 Å². The van der Waals surface area contributed by atoms with Crippen LogP contribution in [-0.4, -0.2) is 15.2 Å². The number of nitrogens with zero attached hydrogens (tertiary/aromatic N) is 2. The first-order valence-electron chi connectivity index (χ1n) is 4.70. The lowest BCUT2D eigenvalue weighted by Crippen LogP contribution is -2.24. The van der Waals surface area contributed by atoms with E-state index in [2.05, 4.69) is 10.1 Å². The quantitative estimate of drug-likeness (QED) is 0.764. The molecule has 0 spiro atoms. The summed E-state index contributed by atoms with van der Waals surface area (Å²) in [6.45, 7) is 3.71. The standard InChI is InChI=1S/C9H14N2O2/c1-3-7-10-8(13-11-7)9(2,12)6-4-5-6/h6,12H,3-5H2,1-2H3. The lowest BCUT2D eigenvalue weighted by atomic mass is 10.0. The van der Waals surface area contributed by atoms with Gasteiger partial charge in [-0.15, -0.1) is 0 Å². The third-order valence-electron chi connectivity index (χ3n) is 2.59. The third-order valence-corrected chi connectivity index (χ3v) is 2.59. The molecule has 1 aromatic rings. The Morgan fingerprint density at radius 2 is 2.31 bits per heavy atom. The highest BCUT2D eigenvalue weighted by Gasteiger charge is 2.45. The Bertz CT molecular complexity index is 302. The van der Waals surface area contributed by atoms with Gasteiger partial charge in [0.05, 0.1) is 0 Å². The van der Waals surface area contributed by atoms with Gasteiger partial charge < -0.3 is 9.63 Å². The molecule has 1 saturated carbocycles.